The van der Waals surface area contributed by atoms with E-state index in [1.165, 1.54) is 5.56 Å². The summed E-state index contributed by atoms with van der Waals surface area (Å²) >= 11 is 0. The molecule has 6 rings (SSSR count). The number of hydrazine groups is 1. The monoisotopic (exact) mass is 587 g/mol. The molecule has 0 saturated carbocycles. The lowest BCUT2D eigenvalue weighted by Crippen LogP contribution is -2.50. The smallest absolute Gasteiger partial charge is 0.307 e. The topological polar surface area (TPSA) is 77.5 Å². The van der Waals surface area contributed by atoms with Crippen LogP contribution in [0.15, 0.2) is 97.1 Å². The molecule has 1 aliphatic rings. The second-order valence-corrected chi connectivity index (χ2v) is 12.5. The van der Waals surface area contributed by atoms with Crippen molar-refractivity contribution in [3.05, 3.63) is 108 Å². The van der Waals surface area contributed by atoms with Gasteiger partial charge in [-0.25, -0.2) is 14.5 Å². The van der Waals surface area contributed by atoms with Gasteiger partial charge in [-0.15, -0.1) is 0 Å². The predicted octanol–water partition coefficient (Wildman–Crippen LogP) is 6.89. The van der Waals surface area contributed by atoms with Crippen molar-refractivity contribution in [1.29, 1.82) is 0 Å². The van der Waals surface area contributed by atoms with Crippen LogP contribution >= 0.6 is 0 Å². The number of piperazine rings is 1. The van der Waals surface area contributed by atoms with Gasteiger partial charge in [0.1, 0.15) is 5.82 Å². The lowest BCUT2D eigenvalue weighted by molar-refractivity contribution is 0.102. The third-order valence-corrected chi connectivity index (χ3v) is 8.17. The minimum Gasteiger partial charge on any atom is -0.307 e. The zero-order chi connectivity index (χ0) is 30.7. The number of hydrogen-bond acceptors (Lipinski definition) is 5. The highest BCUT2D eigenvalue weighted by Crippen LogP contribution is 2.34. The molecule has 8 heteroatoms. The van der Waals surface area contributed by atoms with E-state index in [2.05, 4.69) is 96.3 Å². The van der Waals surface area contributed by atoms with Gasteiger partial charge < -0.3 is 10.2 Å². The van der Waals surface area contributed by atoms with E-state index in [9.17, 15) is 4.79 Å². The van der Waals surface area contributed by atoms with Gasteiger partial charge in [-0.3, -0.25) is 10.7 Å². The van der Waals surface area contributed by atoms with Crippen LogP contribution in [-0.2, 0) is 12.0 Å². The molecule has 0 radical (unpaired) electrons. The molecule has 0 bridgehead atoms. The molecule has 2 heterocycles. The van der Waals surface area contributed by atoms with Crippen LogP contribution in [-0.4, -0.2) is 58.9 Å². The summed E-state index contributed by atoms with van der Waals surface area (Å²) < 4.78 is 1.78. The molecule has 1 aliphatic heterocycles. The van der Waals surface area contributed by atoms with Crippen LogP contribution in [0, 0.1) is 0 Å². The fraction of sp³-hybridized carbons (Fsp3) is 0.278. The summed E-state index contributed by atoms with van der Waals surface area (Å²) in [6.07, 6.45) is 0. The van der Waals surface area contributed by atoms with Crippen LogP contribution in [0.3, 0.4) is 0 Å². The van der Waals surface area contributed by atoms with Gasteiger partial charge in [0.2, 0.25) is 0 Å². The molecule has 0 unspecified atom stereocenters. The molecule has 226 valence electrons. The third kappa shape index (κ3) is 6.68. The lowest BCUT2D eigenvalue weighted by atomic mass is 9.92. The Kier molecular flexibility index (Phi) is 8.48. The maximum Gasteiger partial charge on any atom is 0.324 e. The van der Waals surface area contributed by atoms with Crippen LogP contribution in [0.4, 0.5) is 16.3 Å². The number of para-hydroxylation sites is 1. The number of likely N-dealkylation sites (N-methyl/N-ethyl adjacent to an activating group) is 1. The van der Waals surface area contributed by atoms with Gasteiger partial charge in [0, 0.05) is 49.6 Å². The second kappa shape index (κ2) is 12.6. The fourth-order valence-electron chi connectivity index (χ4n) is 5.50. The van der Waals surface area contributed by atoms with Gasteiger partial charge in [-0.05, 0) is 47.3 Å². The van der Waals surface area contributed by atoms with E-state index in [-0.39, 0.29) is 11.4 Å². The second-order valence-electron chi connectivity index (χ2n) is 12.5. The highest BCUT2D eigenvalue weighted by molar-refractivity contribution is 6.09. The standard InChI is InChI=1S/C36H41N7O/c1-36(2,3)33-24-34(43(40-33)28-10-6-5-7-11-28)39-35(44)38-32-19-18-29(30-12-8-9-13-31(30)32)27-16-14-26(15-17-27)25-37-42-22-20-41(4)21-23-42/h5-19,24,37H,20-23,25H2,1-4H3,(H2,38,39,44). The minimum atomic E-state index is -0.322. The molecule has 1 fully saturated rings. The Hall–Kier alpha value is -4.50. The number of hydrogen-bond donors (Lipinski definition) is 3. The number of nitrogens with one attached hydrogen (secondary N) is 3. The Labute approximate surface area is 259 Å². The predicted molar refractivity (Wildman–Crippen MR) is 180 cm³/mol. The number of carbonyl (C=O) groups is 1. The molecule has 0 aliphatic carbocycles. The molecular weight excluding hydrogens is 546 g/mol. The van der Waals surface area contributed by atoms with E-state index in [1.54, 1.807) is 4.68 Å². The number of anilines is 2. The van der Waals surface area contributed by atoms with E-state index in [1.807, 2.05) is 54.6 Å². The number of rotatable bonds is 7. The van der Waals surface area contributed by atoms with Crippen molar-refractivity contribution in [2.75, 3.05) is 43.9 Å². The number of nitrogens with zero attached hydrogens (tertiary/aromatic N) is 4. The van der Waals surface area contributed by atoms with Crippen molar-refractivity contribution >= 4 is 28.3 Å². The lowest BCUT2D eigenvalue weighted by Gasteiger charge is -2.32. The van der Waals surface area contributed by atoms with Crippen LogP contribution in [0.2, 0.25) is 0 Å². The van der Waals surface area contributed by atoms with Crippen LogP contribution < -0.4 is 16.1 Å². The van der Waals surface area contributed by atoms with Crippen LogP contribution in [0.5, 0.6) is 0 Å². The van der Waals surface area contributed by atoms with Crippen molar-refractivity contribution in [3.63, 3.8) is 0 Å². The maximum atomic E-state index is 13.4. The molecule has 8 nitrogen and oxygen atoms in total. The van der Waals surface area contributed by atoms with Gasteiger partial charge >= 0.3 is 6.03 Å². The first-order chi connectivity index (χ1) is 21.2. The summed E-state index contributed by atoms with van der Waals surface area (Å²) in [5.74, 6) is 0.613. The molecule has 44 heavy (non-hydrogen) atoms. The highest BCUT2D eigenvalue weighted by Gasteiger charge is 2.22. The number of amides is 2. The first-order valence-electron chi connectivity index (χ1n) is 15.3. The van der Waals surface area contributed by atoms with Gasteiger partial charge in [0.15, 0.2) is 0 Å². The minimum absolute atomic E-state index is 0.168. The summed E-state index contributed by atoms with van der Waals surface area (Å²) in [4.78, 5) is 15.7. The van der Waals surface area contributed by atoms with Crippen LogP contribution in [0.1, 0.15) is 32.0 Å². The van der Waals surface area contributed by atoms with E-state index >= 15 is 0 Å². The van der Waals surface area contributed by atoms with E-state index in [4.69, 9.17) is 5.10 Å². The average Bonchev–Trinajstić information content (AvgIpc) is 3.46. The maximum absolute atomic E-state index is 13.4. The molecule has 4 aromatic carbocycles. The summed E-state index contributed by atoms with van der Waals surface area (Å²) in [5.41, 5.74) is 9.44. The largest absolute Gasteiger partial charge is 0.324 e. The summed E-state index contributed by atoms with van der Waals surface area (Å²) in [6.45, 7) is 11.4. The SMILES string of the molecule is CN1CCN(NCc2ccc(-c3ccc(NC(=O)Nc4cc(C(C)(C)C)nn4-c4ccccc4)c4ccccc34)cc2)CC1. The van der Waals surface area contributed by atoms with Crippen molar-refractivity contribution in [1.82, 2.24) is 25.1 Å². The molecule has 0 spiro atoms. The molecule has 5 aromatic rings. The van der Waals surface area contributed by atoms with Crippen molar-refractivity contribution in [2.45, 2.75) is 32.7 Å². The third-order valence-electron chi connectivity index (χ3n) is 8.17. The molecule has 2 amide bonds. The Bertz CT molecular complexity index is 1730. The Balaban J connectivity index is 1.19. The Morgan fingerprint density at radius 3 is 2.18 bits per heavy atom. The van der Waals surface area contributed by atoms with Gasteiger partial charge in [0.05, 0.1) is 17.1 Å². The number of aromatic nitrogens is 2. The van der Waals surface area contributed by atoms with Crippen molar-refractivity contribution < 1.29 is 4.79 Å². The highest BCUT2D eigenvalue weighted by atomic mass is 16.2. The molecule has 3 N–H and O–H groups in total. The normalized spacial score (nSPS) is 14.5. The van der Waals surface area contributed by atoms with Gasteiger partial charge in [-0.2, -0.15) is 5.10 Å². The summed E-state index contributed by atoms with van der Waals surface area (Å²) in [5, 5.41) is 15.3. The molecule has 1 aromatic heterocycles. The Morgan fingerprint density at radius 2 is 1.48 bits per heavy atom. The fourth-order valence-corrected chi connectivity index (χ4v) is 5.50. The average molecular weight is 588 g/mol. The van der Waals surface area contributed by atoms with Crippen molar-refractivity contribution in [3.8, 4) is 16.8 Å². The molecule has 1 saturated heterocycles. The number of urea groups is 1. The number of carbonyl (C=O) groups excluding carboxylic acids is 1. The summed E-state index contributed by atoms with van der Waals surface area (Å²) in [6, 6.07) is 32.5. The Morgan fingerprint density at radius 1 is 0.795 bits per heavy atom. The first kappa shape index (κ1) is 29.6. The molecular formula is C36H41N7O. The quantitative estimate of drug-likeness (QED) is 0.193. The zero-order valence-electron chi connectivity index (χ0n) is 26.0. The van der Waals surface area contributed by atoms with E-state index < -0.39 is 0 Å². The first-order valence-corrected chi connectivity index (χ1v) is 15.3. The molecule has 0 atom stereocenters. The van der Waals surface area contributed by atoms with E-state index in [0.717, 1.165) is 71.7 Å². The number of benzene rings is 4. The van der Waals surface area contributed by atoms with Crippen LogP contribution in [0.25, 0.3) is 27.6 Å². The van der Waals surface area contributed by atoms with Gasteiger partial charge in [-0.1, -0.05) is 93.6 Å². The van der Waals surface area contributed by atoms with E-state index in [0.29, 0.717) is 5.82 Å². The zero-order valence-corrected chi connectivity index (χ0v) is 26.0. The van der Waals surface area contributed by atoms with Crippen molar-refractivity contribution in [2.24, 2.45) is 0 Å². The summed E-state index contributed by atoms with van der Waals surface area (Å²) in [7, 11) is 2.17. The van der Waals surface area contributed by atoms with Gasteiger partial charge in [0.25, 0.3) is 0 Å². The number of fused-ring (bicyclic) bond motifs is 1.